The number of piperazine rings is 1. The summed E-state index contributed by atoms with van der Waals surface area (Å²) < 4.78 is 0. The molecule has 2 aromatic carbocycles. The van der Waals surface area contributed by atoms with Crippen LogP contribution >= 0.6 is 0 Å². The highest BCUT2D eigenvalue weighted by Crippen LogP contribution is 2.20. The molecule has 3 aromatic rings. The lowest BCUT2D eigenvalue weighted by Gasteiger charge is -2.36. The highest BCUT2D eigenvalue weighted by molar-refractivity contribution is 5.94. The first kappa shape index (κ1) is 18.1. The van der Waals surface area contributed by atoms with Crippen molar-refractivity contribution in [2.75, 3.05) is 36.4 Å². The number of aromatic nitrogens is 2. The highest BCUT2D eigenvalue weighted by Gasteiger charge is 2.22. The molecule has 2 heterocycles. The summed E-state index contributed by atoms with van der Waals surface area (Å²) in [6.45, 7) is 5.28. The van der Waals surface area contributed by atoms with Gasteiger partial charge >= 0.3 is 0 Å². The number of rotatable bonds is 5. The van der Waals surface area contributed by atoms with Crippen LogP contribution in [0.4, 0.5) is 11.4 Å². The molecule has 1 unspecified atom stereocenters. The molecule has 0 radical (unpaired) electrons. The van der Waals surface area contributed by atoms with Crippen molar-refractivity contribution < 1.29 is 4.79 Å². The van der Waals surface area contributed by atoms with Gasteiger partial charge in [-0.3, -0.25) is 9.89 Å². The van der Waals surface area contributed by atoms with Gasteiger partial charge in [0, 0.05) is 54.9 Å². The first-order valence-corrected chi connectivity index (χ1v) is 9.65. The highest BCUT2D eigenvalue weighted by atomic mass is 16.2. The average molecular weight is 375 g/mol. The second-order valence-corrected chi connectivity index (χ2v) is 7.09. The molecule has 144 valence electrons. The Labute approximate surface area is 165 Å². The molecule has 0 saturated carbocycles. The molecular weight excluding hydrogens is 350 g/mol. The molecule has 6 heteroatoms. The third kappa shape index (κ3) is 4.01. The SMILES string of the molecule is CC(Nc1ccc(C(=O)N2CCN(c3ccccc3)CC2)cc1)c1cn[nH]c1. The second-order valence-electron chi connectivity index (χ2n) is 7.09. The summed E-state index contributed by atoms with van der Waals surface area (Å²) in [6, 6.07) is 18.2. The van der Waals surface area contributed by atoms with Crippen LogP contribution in [0.25, 0.3) is 0 Å². The van der Waals surface area contributed by atoms with Crippen LogP contribution in [0.2, 0.25) is 0 Å². The number of carbonyl (C=O) groups excluding carboxylic acids is 1. The van der Waals surface area contributed by atoms with E-state index in [1.54, 1.807) is 0 Å². The Morgan fingerprint density at radius 1 is 1.04 bits per heavy atom. The van der Waals surface area contributed by atoms with Gasteiger partial charge in [0.05, 0.1) is 12.2 Å². The minimum Gasteiger partial charge on any atom is -0.378 e. The van der Waals surface area contributed by atoms with Crippen molar-refractivity contribution in [2.45, 2.75) is 13.0 Å². The van der Waals surface area contributed by atoms with E-state index in [4.69, 9.17) is 0 Å². The van der Waals surface area contributed by atoms with Crippen molar-refractivity contribution in [1.82, 2.24) is 15.1 Å². The molecular formula is C22H25N5O. The largest absolute Gasteiger partial charge is 0.378 e. The zero-order valence-electron chi connectivity index (χ0n) is 16.0. The Kier molecular flexibility index (Phi) is 5.28. The van der Waals surface area contributed by atoms with Crippen LogP contribution in [0.3, 0.4) is 0 Å². The lowest BCUT2D eigenvalue weighted by Crippen LogP contribution is -2.48. The summed E-state index contributed by atoms with van der Waals surface area (Å²) in [7, 11) is 0. The number of carbonyl (C=O) groups is 1. The van der Waals surface area contributed by atoms with E-state index in [0.717, 1.165) is 43.0 Å². The Morgan fingerprint density at radius 3 is 2.39 bits per heavy atom. The van der Waals surface area contributed by atoms with Gasteiger partial charge in [0.1, 0.15) is 0 Å². The molecule has 1 aliphatic heterocycles. The Balaban J connectivity index is 1.34. The van der Waals surface area contributed by atoms with Gasteiger partial charge in [0.25, 0.3) is 5.91 Å². The maximum atomic E-state index is 12.8. The quantitative estimate of drug-likeness (QED) is 0.716. The maximum absolute atomic E-state index is 12.8. The first-order chi connectivity index (χ1) is 13.7. The van der Waals surface area contributed by atoms with Crippen LogP contribution in [0.15, 0.2) is 67.0 Å². The number of nitrogens with one attached hydrogen (secondary N) is 2. The topological polar surface area (TPSA) is 64.3 Å². The molecule has 28 heavy (non-hydrogen) atoms. The molecule has 1 fully saturated rings. The third-order valence-corrected chi connectivity index (χ3v) is 5.22. The monoisotopic (exact) mass is 375 g/mol. The number of hydrogen-bond acceptors (Lipinski definition) is 4. The normalized spacial score (nSPS) is 15.3. The minimum atomic E-state index is 0.0992. The molecule has 1 atom stereocenters. The molecule has 1 amide bonds. The van der Waals surface area contributed by atoms with E-state index < -0.39 is 0 Å². The number of benzene rings is 2. The first-order valence-electron chi connectivity index (χ1n) is 9.65. The van der Waals surface area contributed by atoms with E-state index in [2.05, 4.69) is 51.6 Å². The average Bonchev–Trinajstić information content (AvgIpc) is 3.30. The molecule has 6 nitrogen and oxygen atoms in total. The van der Waals surface area contributed by atoms with Gasteiger partial charge in [0.15, 0.2) is 0 Å². The van der Waals surface area contributed by atoms with Crippen molar-refractivity contribution in [3.8, 4) is 0 Å². The van der Waals surface area contributed by atoms with Crippen LogP contribution in [0.1, 0.15) is 28.9 Å². The fraction of sp³-hybridized carbons (Fsp3) is 0.273. The van der Waals surface area contributed by atoms with E-state index in [1.165, 1.54) is 5.69 Å². The van der Waals surface area contributed by atoms with E-state index >= 15 is 0 Å². The van der Waals surface area contributed by atoms with Crippen molar-refractivity contribution >= 4 is 17.3 Å². The van der Waals surface area contributed by atoms with Crippen LogP contribution in [-0.2, 0) is 0 Å². The number of amides is 1. The van der Waals surface area contributed by atoms with Gasteiger partial charge in [0.2, 0.25) is 0 Å². The van der Waals surface area contributed by atoms with E-state index in [0.29, 0.717) is 0 Å². The summed E-state index contributed by atoms with van der Waals surface area (Å²) >= 11 is 0. The van der Waals surface area contributed by atoms with Crippen molar-refractivity contribution in [1.29, 1.82) is 0 Å². The van der Waals surface area contributed by atoms with E-state index in [9.17, 15) is 4.79 Å². The summed E-state index contributed by atoms with van der Waals surface area (Å²) in [5, 5.41) is 10.2. The van der Waals surface area contributed by atoms with Gasteiger partial charge in [-0.15, -0.1) is 0 Å². The zero-order chi connectivity index (χ0) is 19.3. The third-order valence-electron chi connectivity index (χ3n) is 5.22. The maximum Gasteiger partial charge on any atom is 0.253 e. The van der Waals surface area contributed by atoms with Crippen LogP contribution in [0.5, 0.6) is 0 Å². The smallest absolute Gasteiger partial charge is 0.253 e. The van der Waals surface area contributed by atoms with Crippen molar-refractivity contribution in [3.05, 3.63) is 78.1 Å². The van der Waals surface area contributed by atoms with E-state index in [-0.39, 0.29) is 11.9 Å². The van der Waals surface area contributed by atoms with Gasteiger partial charge < -0.3 is 15.1 Å². The summed E-state index contributed by atoms with van der Waals surface area (Å²) in [5.41, 5.74) is 4.03. The molecule has 0 spiro atoms. The fourth-order valence-corrected chi connectivity index (χ4v) is 3.53. The molecule has 0 aliphatic carbocycles. The predicted molar refractivity (Wildman–Crippen MR) is 112 cm³/mol. The molecule has 0 bridgehead atoms. The molecule has 1 aliphatic rings. The standard InChI is InChI=1S/C22H25N5O/c1-17(19-15-23-24-16-19)25-20-9-7-18(8-10-20)22(28)27-13-11-26(12-14-27)21-5-3-2-4-6-21/h2-10,15-17,25H,11-14H2,1H3,(H,23,24). The van der Waals surface area contributed by atoms with Crippen LogP contribution in [-0.4, -0.2) is 47.2 Å². The zero-order valence-corrected chi connectivity index (χ0v) is 16.0. The van der Waals surface area contributed by atoms with Crippen LogP contribution in [0, 0.1) is 0 Å². The van der Waals surface area contributed by atoms with Crippen molar-refractivity contribution in [3.63, 3.8) is 0 Å². The Bertz CT molecular complexity index is 884. The Morgan fingerprint density at radius 2 is 1.75 bits per heavy atom. The number of anilines is 2. The van der Waals surface area contributed by atoms with Gasteiger partial charge in [-0.25, -0.2) is 0 Å². The molecule has 2 N–H and O–H groups in total. The van der Waals surface area contributed by atoms with Crippen LogP contribution < -0.4 is 10.2 Å². The van der Waals surface area contributed by atoms with Crippen molar-refractivity contribution in [2.24, 2.45) is 0 Å². The fourth-order valence-electron chi connectivity index (χ4n) is 3.53. The summed E-state index contributed by atoms with van der Waals surface area (Å²) in [5.74, 6) is 0.0992. The summed E-state index contributed by atoms with van der Waals surface area (Å²) in [6.07, 6.45) is 3.69. The Hall–Kier alpha value is -3.28. The number of H-pyrrole nitrogens is 1. The van der Waals surface area contributed by atoms with E-state index in [1.807, 2.05) is 47.6 Å². The molecule has 1 saturated heterocycles. The van der Waals surface area contributed by atoms with Gasteiger partial charge in [-0.2, -0.15) is 5.10 Å². The lowest BCUT2D eigenvalue weighted by atomic mass is 10.1. The summed E-state index contributed by atoms with van der Waals surface area (Å²) in [4.78, 5) is 17.1. The number of aromatic amines is 1. The van der Waals surface area contributed by atoms with Gasteiger partial charge in [-0.05, 0) is 43.3 Å². The number of hydrogen-bond donors (Lipinski definition) is 2. The van der Waals surface area contributed by atoms with Gasteiger partial charge in [-0.1, -0.05) is 18.2 Å². The number of nitrogens with zero attached hydrogens (tertiary/aromatic N) is 3. The predicted octanol–water partition coefficient (Wildman–Crippen LogP) is 3.55. The molecule has 1 aromatic heterocycles. The lowest BCUT2D eigenvalue weighted by molar-refractivity contribution is 0.0747. The molecule has 4 rings (SSSR count). The second kappa shape index (κ2) is 8.17. The minimum absolute atomic E-state index is 0.0992. The number of para-hydroxylation sites is 1.